The summed E-state index contributed by atoms with van der Waals surface area (Å²) in [5.41, 5.74) is 6.69. The van der Waals surface area contributed by atoms with E-state index in [1.165, 1.54) is 0 Å². The summed E-state index contributed by atoms with van der Waals surface area (Å²) >= 11 is 0. The molecule has 1 atom stereocenters. The number of ether oxygens (including phenoxy) is 5. The number of esters is 1. The summed E-state index contributed by atoms with van der Waals surface area (Å²) in [6.07, 6.45) is 4.61. The summed E-state index contributed by atoms with van der Waals surface area (Å²) in [5.74, 6) is 1.38. The Morgan fingerprint density at radius 1 is 1.07 bits per heavy atom. The minimum Gasteiger partial charge on any atom is -0.494 e. The van der Waals surface area contributed by atoms with E-state index in [-0.39, 0.29) is 18.6 Å². The van der Waals surface area contributed by atoms with E-state index in [2.05, 4.69) is 0 Å². The van der Waals surface area contributed by atoms with Crippen molar-refractivity contribution in [1.29, 1.82) is 0 Å². The van der Waals surface area contributed by atoms with Crippen LogP contribution in [0.3, 0.4) is 0 Å². The van der Waals surface area contributed by atoms with Gasteiger partial charge >= 0.3 is 5.97 Å². The average molecular weight is 424 g/mol. The first-order valence-corrected chi connectivity index (χ1v) is 10.9. The molecule has 1 heterocycles. The standard InChI is InChI=1S/C23H37NO6/c1-23(2,3)30-22(25)17-27-13-7-12-26-11-5-4-6-14-28-18-8-9-21-19(16-18)20(24)10-15-29-21/h8-9,16,20H,4-7,10-15,17,24H2,1-3H3. The molecule has 0 radical (unpaired) electrons. The molecule has 0 spiro atoms. The van der Waals surface area contributed by atoms with Crippen molar-refractivity contribution in [2.75, 3.05) is 39.6 Å². The van der Waals surface area contributed by atoms with Gasteiger partial charge in [-0.1, -0.05) is 0 Å². The number of rotatable bonds is 13. The van der Waals surface area contributed by atoms with Crippen LogP contribution in [0.4, 0.5) is 0 Å². The van der Waals surface area contributed by atoms with Crippen LogP contribution in [0.2, 0.25) is 0 Å². The van der Waals surface area contributed by atoms with E-state index in [1.807, 2.05) is 39.0 Å². The zero-order chi connectivity index (χ0) is 21.8. The van der Waals surface area contributed by atoms with Crippen molar-refractivity contribution in [3.8, 4) is 11.5 Å². The highest BCUT2D eigenvalue weighted by atomic mass is 16.6. The highest BCUT2D eigenvalue weighted by Gasteiger charge is 2.18. The summed E-state index contributed by atoms with van der Waals surface area (Å²) in [7, 11) is 0. The van der Waals surface area contributed by atoms with Crippen molar-refractivity contribution < 1.29 is 28.5 Å². The van der Waals surface area contributed by atoms with E-state index in [4.69, 9.17) is 29.4 Å². The predicted molar refractivity (Wildman–Crippen MR) is 115 cm³/mol. The first-order valence-electron chi connectivity index (χ1n) is 10.9. The molecule has 0 amide bonds. The third kappa shape index (κ3) is 9.78. The van der Waals surface area contributed by atoms with E-state index in [9.17, 15) is 4.79 Å². The molecule has 0 bridgehead atoms. The highest BCUT2D eigenvalue weighted by molar-refractivity contribution is 5.71. The van der Waals surface area contributed by atoms with Gasteiger partial charge in [-0.05, 0) is 64.7 Å². The molecule has 0 aliphatic carbocycles. The van der Waals surface area contributed by atoms with E-state index < -0.39 is 5.60 Å². The molecular weight excluding hydrogens is 386 g/mol. The van der Waals surface area contributed by atoms with Gasteiger partial charge in [-0.2, -0.15) is 0 Å². The molecule has 1 aromatic rings. The first kappa shape index (κ1) is 24.4. The molecule has 7 heteroatoms. The minimum absolute atomic E-state index is 0.0134. The molecule has 2 N–H and O–H groups in total. The van der Waals surface area contributed by atoms with Crippen LogP contribution in [-0.4, -0.2) is 51.2 Å². The zero-order valence-corrected chi connectivity index (χ0v) is 18.6. The van der Waals surface area contributed by atoms with Crippen LogP contribution in [0.1, 0.15) is 64.5 Å². The van der Waals surface area contributed by atoms with Gasteiger partial charge in [0.15, 0.2) is 0 Å². The van der Waals surface area contributed by atoms with Crippen LogP contribution in [0.25, 0.3) is 0 Å². The Morgan fingerprint density at radius 3 is 2.60 bits per heavy atom. The van der Waals surface area contributed by atoms with Crippen molar-refractivity contribution in [1.82, 2.24) is 0 Å². The predicted octanol–water partition coefficient (Wildman–Crippen LogP) is 3.78. The van der Waals surface area contributed by atoms with Gasteiger partial charge in [0, 0.05) is 37.8 Å². The summed E-state index contributed by atoms with van der Waals surface area (Å²) in [6, 6.07) is 5.89. The van der Waals surface area contributed by atoms with Crippen molar-refractivity contribution in [3.63, 3.8) is 0 Å². The molecule has 0 saturated carbocycles. The van der Waals surface area contributed by atoms with Gasteiger partial charge in [-0.25, -0.2) is 4.79 Å². The third-order valence-corrected chi connectivity index (χ3v) is 4.49. The maximum atomic E-state index is 11.5. The quantitative estimate of drug-likeness (QED) is 0.381. The lowest BCUT2D eigenvalue weighted by molar-refractivity contribution is -0.160. The number of hydrogen-bond acceptors (Lipinski definition) is 7. The summed E-state index contributed by atoms with van der Waals surface area (Å²) in [4.78, 5) is 11.5. The molecule has 1 aliphatic heterocycles. The molecule has 1 aliphatic rings. The van der Waals surface area contributed by atoms with Crippen molar-refractivity contribution in [2.24, 2.45) is 5.73 Å². The maximum absolute atomic E-state index is 11.5. The minimum atomic E-state index is -0.475. The van der Waals surface area contributed by atoms with Crippen LogP contribution in [0, 0.1) is 0 Å². The second-order valence-corrected chi connectivity index (χ2v) is 8.46. The van der Waals surface area contributed by atoms with E-state index in [0.29, 0.717) is 26.4 Å². The lowest BCUT2D eigenvalue weighted by atomic mass is 10.0. The smallest absolute Gasteiger partial charge is 0.332 e. The fourth-order valence-corrected chi connectivity index (χ4v) is 3.05. The number of unbranched alkanes of at least 4 members (excludes halogenated alkanes) is 2. The SMILES string of the molecule is CC(C)(C)OC(=O)COCCCOCCCCCOc1ccc2c(c1)C(N)CCO2. The van der Waals surface area contributed by atoms with Gasteiger partial charge in [0.2, 0.25) is 0 Å². The molecule has 170 valence electrons. The van der Waals surface area contributed by atoms with Gasteiger partial charge < -0.3 is 29.4 Å². The number of nitrogens with two attached hydrogens (primary N) is 1. The van der Waals surface area contributed by atoms with Crippen LogP contribution in [0.5, 0.6) is 11.5 Å². The van der Waals surface area contributed by atoms with E-state index in [0.717, 1.165) is 55.8 Å². The first-order chi connectivity index (χ1) is 14.3. The van der Waals surface area contributed by atoms with Crippen molar-refractivity contribution in [2.45, 2.75) is 64.5 Å². The Bertz CT molecular complexity index is 643. The Balaban J connectivity index is 1.41. The van der Waals surface area contributed by atoms with Gasteiger partial charge in [-0.15, -0.1) is 0 Å². The topological polar surface area (TPSA) is 89.2 Å². The monoisotopic (exact) mass is 423 g/mol. The number of carbonyl (C=O) groups excluding carboxylic acids is 1. The molecule has 0 saturated heterocycles. The molecule has 0 aromatic heterocycles. The van der Waals surface area contributed by atoms with Crippen LogP contribution in [-0.2, 0) is 19.0 Å². The van der Waals surface area contributed by atoms with Gasteiger partial charge in [0.1, 0.15) is 23.7 Å². The number of hydrogen-bond donors (Lipinski definition) is 1. The molecule has 2 rings (SSSR count). The number of fused-ring (bicyclic) bond motifs is 1. The summed E-state index contributed by atoms with van der Waals surface area (Å²) in [5, 5.41) is 0. The molecule has 30 heavy (non-hydrogen) atoms. The van der Waals surface area contributed by atoms with Gasteiger partial charge in [0.25, 0.3) is 0 Å². The van der Waals surface area contributed by atoms with Gasteiger partial charge in [0.05, 0.1) is 13.2 Å². The zero-order valence-electron chi connectivity index (χ0n) is 18.6. The Morgan fingerprint density at radius 2 is 1.80 bits per heavy atom. The Labute approximate surface area is 180 Å². The fraction of sp³-hybridized carbons (Fsp3) is 0.696. The fourth-order valence-electron chi connectivity index (χ4n) is 3.05. The highest BCUT2D eigenvalue weighted by Crippen LogP contribution is 2.33. The largest absolute Gasteiger partial charge is 0.494 e. The average Bonchev–Trinajstić information content (AvgIpc) is 2.68. The van der Waals surface area contributed by atoms with Crippen LogP contribution in [0.15, 0.2) is 18.2 Å². The second-order valence-electron chi connectivity index (χ2n) is 8.46. The summed E-state index contributed by atoms with van der Waals surface area (Å²) < 4.78 is 27.5. The lowest BCUT2D eigenvalue weighted by Gasteiger charge is -2.23. The summed E-state index contributed by atoms with van der Waals surface area (Å²) in [6.45, 7) is 8.68. The molecular formula is C23H37NO6. The van der Waals surface area contributed by atoms with E-state index in [1.54, 1.807) is 0 Å². The Kier molecular flexibility index (Phi) is 10.4. The van der Waals surface area contributed by atoms with Crippen LogP contribution >= 0.6 is 0 Å². The Hall–Kier alpha value is -1.83. The molecule has 0 fully saturated rings. The third-order valence-electron chi connectivity index (χ3n) is 4.49. The number of benzene rings is 1. The van der Waals surface area contributed by atoms with Crippen molar-refractivity contribution >= 4 is 5.97 Å². The van der Waals surface area contributed by atoms with Crippen molar-refractivity contribution in [3.05, 3.63) is 23.8 Å². The molecule has 1 unspecified atom stereocenters. The molecule has 7 nitrogen and oxygen atoms in total. The van der Waals surface area contributed by atoms with Gasteiger partial charge in [-0.3, -0.25) is 0 Å². The lowest BCUT2D eigenvalue weighted by Crippen LogP contribution is -2.26. The van der Waals surface area contributed by atoms with E-state index >= 15 is 0 Å². The molecule has 1 aromatic carbocycles. The second kappa shape index (κ2) is 12.8. The maximum Gasteiger partial charge on any atom is 0.332 e. The van der Waals surface area contributed by atoms with Crippen LogP contribution < -0.4 is 15.2 Å². The number of carbonyl (C=O) groups is 1. The normalized spacial score (nSPS) is 15.9.